The van der Waals surface area contributed by atoms with Crippen molar-refractivity contribution >= 4 is 35.0 Å². The molecule has 172 valence electrons. The molecule has 7 nitrogen and oxygen atoms in total. The Balaban J connectivity index is 1.63. The van der Waals surface area contributed by atoms with Crippen molar-refractivity contribution < 1.29 is 19.5 Å². The lowest BCUT2D eigenvalue weighted by molar-refractivity contribution is 0.0702. The van der Waals surface area contributed by atoms with Crippen molar-refractivity contribution in [2.75, 3.05) is 0 Å². The molecule has 0 fully saturated rings. The SMILES string of the molecule is Cn1cc(C(=O)NO)c(OCc2ccc(Cl)c(Cl)c2)c1C(=O)NC1CCCc2ccccc21. The minimum Gasteiger partial charge on any atom is -0.486 e. The molecule has 0 saturated carbocycles. The molecule has 1 aromatic heterocycles. The van der Waals surface area contributed by atoms with Crippen molar-refractivity contribution in [3.63, 3.8) is 0 Å². The summed E-state index contributed by atoms with van der Waals surface area (Å²) in [6, 6.07) is 12.9. The summed E-state index contributed by atoms with van der Waals surface area (Å²) >= 11 is 12.1. The van der Waals surface area contributed by atoms with Gasteiger partial charge in [0, 0.05) is 13.2 Å². The fraction of sp³-hybridized carbons (Fsp3) is 0.250. The van der Waals surface area contributed by atoms with Gasteiger partial charge in [0.1, 0.15) is 17.9 Å². The average molecular weight is 488 g/mol. The van der Waals surface area contributed by atoms with Gasteiger partial charge in [0.05, 0.1) is 16.1 Å². The summed E-state index contributed by atoms with van der Waals surface area (Å²) < 4.78 is 7.43. The van der Waals surface area contributed by atoms with Gasteiger partial charge in [-0.15, -0.1) is 0 Å². The maximum absolute atomic E-state index is 13.4. The Labute approximate surface area is 201 Å². The van der Waals surface area contributed by atoms with Crippen LogP contribution in [0.25, 0.3) is 0 Å². The summed E-state index contributed by atoms with van der Waals surface area (Å²) in [5, 5.41) is 13.0. The lowest BCUT2D eigenvalue weighted by Gasteiger charge is -2.26. The molecule has 0 radical (unpaired) electrons. The van der Waals surface area contributed by atoms with E-state index in [1.54, 1.807) is 30.7 Å². The molecule has 1 aliphatic rings. The number of rotatable bonds is 6. The van der Waals surface area contributed by atoms with E-state index in [0.29, 0.717) is 15.6 Å². The molecule has 1 aliphatic carbocycles. The van der Waals surface area contributed by atoms with E-state index in [2.05, 4.69) is 11.4 Å². The Morgan fingerprint density at radius 1 is 1.15 bits per heavy atom. The standard InChI is InChI=1S/C24H23Cl2N3O4/c1-29-12-17(23(30)28-32)22(33-13-14-9-10-18(25)19(26)11-14)21(29)24(31)27-20-8-4-6-15-5-2-3-7-16(15)20/h2-3,5,7,9-12,20,32H,4,6,8,13H2,1H3,(H,27,31)(H,28,30). The van der Waals surface area contributed by atoms with E-state index in [1.165, 1.54) is 16.3 Å². The molecule has 3 aromatic rings. The number of fused-ring (bicyclic) bond motifs is 1. The number of ether oxygens (including phenoxy) is 1. The van der Waals surface area contributed by atoms with Crippen molar-refractivity contribution in [2.45, 2.75) is 31.9 Å². The quantitative estimate of drug-likeness (QED) is 0.342. The van der Waals surface area contributed by atoms with Gasteiger partial charge in [-0.05, 0) is 48.1 Å². The number of benzene rings is 2. The van der Waals surface area contributed by atoms with Crippen LogP contribution in [0.1, 0.15) is 56.4 Å². The van der Waals surface area contributed by atoms with Crippen LogP contribution in [0.5, 0.6) is 5.75 Å². The van der Waals surface area contributed by atoms with Crippen LogP contribution in [0, 0.1) is 0 Å². The Morgan fingerprint density at radius 2 is 1.94 bits per heavy atom. The van der Waals surface area contributed by atoms with Crippen LogP contribution in [0.3, 0.4) is 0 Å². The molecular weight excluding hydrogens is 465 g/mol. The van der Waals surface area contributed by atoms with E-state index in [9.17, 15) is 14.8 Å². The number of aromatic nitrogens is 1. The van der Waals surface area contributed by atoms with Crippen molar-refractivity contribution in [2.24, 2.45) is 7.05 Å². The largest absolute Gasteiger partial charge is 0.486 e. The molecule has 1 atom stereocenters. The second kappa shape index (κ2) is 9.87. The van der Waals surface area contributed by atoms with E-state index in [0.717, 1.165) is 24.8 Å². The second-order valence-electron chi connectivity index (χ2n) is 7.93. The summed E-state index contributed by atoms with van der Waals surface area (Å²) in [7, 11) is 1.64. The van der Waals surface area contributed by atoms with Gasteiger partial charge < -0.3 is 14.6 Å². The highest BCUT2D eigenvalue weighted by Gasteiger charge is 2.29. The number of carbonyl (C=O) groups excluding carboxylic acids is 2. The number of carbonyl (C=O) groups is 2. The Hall–Kier alpha value is -3.00. The Morgan fingerprint density at radius 3 is 2.70 bits per heavy atom. The number of amides is 2. The number of nitrogens with one attached hydrogen (secondary N) is 2. The molecule has 0 spiro atoms. The first-order chi connectivity index (χ1) is 15.9. The molecule has 0 saturated heterocycles. The fourth-order valence-corrected chi connectivity index (χ4v) is 4.47. The van der Waals surface area contributed by atoms with E-state index in [1.807, 2.05) is 18.2 Å². The smallest absolute Gasteiger partial charge is 0.279 e. The molecule has 33 heavy (non-hydrogen) atoms. The topological polar surface area (TPSA) is 92.6 Å². The van der Waals surface area contributed by atoms with Gasteiger partial charge in [0.15, 0.2) is 5.75 Å². The van der Waals surface area contributed by atoms with Crippen LogP contribution in [0.2, 0.25) is 10.0 Å². The third-order valence-electron chi connectivity index (χ3n) is 5.74. The lowest BCUT2D eigenvalue weighted by atomic mass is 9.87. The van der Waals surface area contributed by atoms with E-state index < -0.39 is 5.91 Å². The highest BCUT2D eigenvalue weighted by atomic mass is 35.5. The molecule has 0 bridgehead atoms. The zero-order valence-electron chi connectivity index (χ0n) is 17.9. The summed E-state index contributed by atoms with van der Waals surface area (Å²) in [5.74, 6) is -1.09. The normalized spacial score (nSPS) is 15.0. The van der Waals surface area contributed by atoms with Crippen LogP contribution < -0.4 is 15.5 Å². The van der Waals surface area contributed by atoms with E-state index in [-0.39, 0.29) is 35.6 Å². The minimum absolute atomic E-state index is 0.0363. The van der Waals surface area contributed by atoms with Gasteiger partial charge in [-0.2, -0.15) is 0 Å². The predicted molar refractivity (Wildman–Crippen MR) is 125 cm³/mol. The lowest BCUT2D eigenvalue weighted by Crippen LogP contribution is -2.32. The van der Waals surface area contributed by atoms with E-state index >= 15 is 0 Å². The first kappa shape index (κ1) is 23.2. The van der Waals surface area contributed by atoms with Crippen molar-refractivity contribution in [3.05, 3.63) is 86.7 Å². The van der Waals surface area contributed by atoms with Gasteiger partial charge >= 0.3 is 0 Å². The summed E-state index contributed by atoms with van der Waals surface area (Å²) in [5.41, 5.74) is 4.84. The average Bonchev–Trinajstić information content (AvgIpc) is 3.15. The number of aryl methyl sites for hydroxylation is 2. The summed E-state index contributed by atoms with van der Waals surface area (Å²) in [6.45, 7) is 0.0408. The maximum atomic E-state index is 13.4. The van der Waals surface area contributed by atoms with Crippen molar-refractivity contribution in [1.82, 2.24) is 15.4 Å². The van der Waals surface area contributed by atoms with Gasteiger partial charge in [0.25, 0.3) is 11.8 Å². The summed E-state index contributed by atoms with van der Waals surface area (Å²) in [6.07, 6.45) is 4.20. The molecule has 4 rings (SSSR count). The highest BCUT2D eigenvalue weighted by Crippen LogP contribution is 2.32. The zero-order chi connectivity index (χ0) is 23.5. The first-order valence-corrected chi connectivity index (χ1v) is 11.2. The molecule has 3 N–H and O–H groups in total. The summed E-state index contributed by atoms with van der Waals surface area (Å²) in [4.78, 5) is 25.6. The van der Waals surface area contributed by atoms with Gasteiger partial charge in [-0.1, -0.05) is 53.5 Å². The van der Waals surface area contributed by atoms with Gasteiger partial charge in [0.2, 0.25) is 0 Å². The van der Waals surface area contributed by atoms with Gasteiger partial charge in [-0.3, -0.25) is 14.8 Å². The number of hydroxylamine groups is 1. The number of halogens is 2. The molecule has 9 heteroatoms. The predicted octanol–water partition coefficient (Wildman–Crippen LogP) is 4.84. The van der Waals surface area contributed by atoms with Crippen molar-refractivity contribution in [3.8, 4) is 5.75 Å². The van der Waals surface area contributed by atoms with E-state index in [4.69, 9.17) is 27.9 Å². The van der Waals surface area contributed by atoms with Crippen LogP contribution in [-0.2, 0) is 20.1 Å². The van der Waals surface area contributed by atoms with Crippen LogP contribution >= 0.6 is 23.2 Å². The van der Waals surface area contributed by atoms with Crippen LogP contribution in [-0.4, -0.2) is 21.6 Å². The molecule has 1 unspecified atom stereocenters. The van der Waals surface area contributed by atoms with Gasteiger partial charge in [-0.25, -0.2) is 5.48 Å². The molecule has 1 heterocycles. The third-order valence-corrected chi connectivity index (χ3v) is 6.48. The monoisotopic (exact) mass is 487 g/mol. The molecule has 2 amide bonds. The highest BCUT2D eigenvalue weighted by molar-refractivity contribution is 6.42. The zero-order valence-corrected chi connectivity index (χ0v) is 19.4. The number of nitrogens with zero attached hydrogens (tertiary/aromatic N) is 1. The van der Waals surface area contributed by atoms with Crippen molar-refractivity contribution in [1.29, 1.82) is 0 Å². The Kier molecular flexibility index (Phi) is 6.93. The first-order valence-electron chi connectivity index (χ1n) is 10.5. The Bertz CT molecular complexity index is 1210. The number of hydrogen-bond acceptors (Lipinski definition) is 4. The molecule has 0 aliphatic heterocycles. The van der Waals surface area contributed by atoms with Crippen LogP contribution in [0.15, 0.2) is 48.7 Å². The molecule has 2 aromatic carbocycles. The third kappa shape index (κ3) is 4.85. The minimum atomic E-state index is -0.781. The number of hydrogen-bond donors (Lipinski definition) is 3. The van der Waals surface area contributed by atoms with Crippen LogP contribution in [0.4, 0.5) is 0 Å². The fourth-order valence-electron chi connectivity index (χ4n) is 4.15. The molecular formula is C24H23Cl2N3O4. The maximum Gasteiger partial charge on any atom is 0.279 e. The second-order valence-corrected chi connectivity index (χ2v) is 8.74.